The Morgan fingerprint density at radius 2 is 1.94 bits per heavy atom. The topological polar surface area (TPSA) is 70.1 Å². The summed E-state index contributed by atoms with van der Waals surface area (Å²) in [5.41, 5.74) is 0. The highest BCUT2D eigenvalue weighted by Gasteiger charge is 2.13. The molecule has 0 unspecified atom stereocenters. The lowest BCUT2D eigenvalue weighted by Crippen LogP contribution is -2.30. The molecule has 102 valence electrons. The Balaban J connectivity index is 2.78. The van der Waals surface area contributed by atoms with Crippen LogP contribution in [-0.4, -0.2) is 34.3 Å². The zero-order chi connectivity index (χ0) is 13.5. The molecule has 0 fully saturated rings. The predicted molar refractivity (Wildman–Crippen MR) is 74.9 cm³/mol. The number of aromatic nitrogens is 2. The first-order valence-corrected chi connectivity index (χ1v) is 6.53. The lowest BCUT2D eigenvalue weighted by Gasteiger charge is -2.21. The molecule has 0 amide bonds. The summed E-state index contributed by atoms with van der Waals surface area (Å²) in [5, 5.41) is 15.8. The molecular formula is C13H24N4O. The van der Waals surface area contributed by atoms with Crippen LogP contribution in [0, 0.1) is 12.8 Å². The number of rotatable bonds is 7. The standard InChI is InChI=1S/C13H24N4O/c1-5-6-14-12-7-13(16-10(4)15-12)17-11(8-18)9(2)3/h7,9,11,18H,5-6,8H2,1-4H3,(H2,14,15,16,17)/t11-/m1/s1. The van der Waals surface area contributed by atoms with Crippen LogP contribution in [0.4, 0.5) is 11.6 Å². The molecule has 18 heavy (non-hydrogen) atoms. The van der Waals surface area contributed by atoms with E-state index in [2.05, 4.69) is 41.4 Å². The van der Waals surface area contributed by atoms with Crippen LogP contribution in [0.25, 0.3) is 0 Å². The molecule has 0 radical (unpaired) electrons. The van der Waals surface area contributed by atoms with Gasteiger partial charge in [-0.05, 0) is 19.3 Å². The fourth-order valence-corrected chi connectivity index (χ4v) is 1.60. The van der Waals surface area contributed by atoms with Crippen molar-refractivity contribution in [3.05, 3.63) is 11.9 Å². The first kappa shape index (κ1) is 14.7. The maximum absolute atomic E-state index is 9.32. The van der Waals surface area contributed by atoms with Gasteiger partial charge in [-0.1, -0.05) is 20.8 Å². The number of hydrogen-bond donors (Lipinski definition) is 3. The molecule has 0 aliphatic heterocycles. The Hall–Kier alpha value is -1.36. The van der Waals surface area contributed by atoms with Crippen molar-refractivity contribution in [3.8, 4) is 0 Å². The molecule has 1 heterocycles. The zero-order valence-corrected chi connectivity index (χ0v) is 11.7. The van der Waals surface area contributed by atoms with Crippen LogP contribution in [-0.2, 0) is 0 Å². The van der Waals surface area contributed by atoms with Gasteiger partial charge in [0.25, 0.3) is 0 Å². The zero-order valence-electron chi connectivity index (χ0n) is 11.7. The van der Waals surface area contributed by atoms with E-state index in [0.29, 0.717) is 5.92 Å². The van der Waals surface area contributed by atoms with Gasteiger partial charge in [0.1, 0.15) is 17.5 Å². The van der Waals surface area contributed by atoms with Crippen LogP contribution in [0.15, 0.2) is 6.07 Å². The lowest BCUT2D eigenvalue weighted by atomic mass is 10.1. The molecule has 0 aliphatic carbocycles. The van der Waals surface area contributed by atoms with Crippen molar-refractivity contribution in [2.75, 3.05) is 23.8 Å². The average molecular weight is 252 g/mol. The monoisotopic (exact) mass is 252 g/mol. The van der Waals surface area contributed by atoms with Gasteiger partial charge in [0.2, 0.25) is 0 Å². The van der Waals surface area contributed by atoms with Gasteiger partial charge < -0.3 is 15.7 Å². The fourth-order valence-electron chi connectivity index (χ4n) is 1.60. The number of nitrogens with one attached hydrogen (secondary N) is 2. The molecular weight excluding hydrogens is 228 g/mol. The van der Waals surface area contributed by atoms with Crippen LogP contribution in [0.5, 0.6) is 0 Å². The Labute approximate surface area is 109 Å². The van der Waals surface area contributed by atoms with E-state index in [0.717, 1.165) is 30.4 Å². The first-order valence-electron chi connectivity index (χ1n) is 6.53. The van der Waals surface area contributed by atoms with Crippen molar-refractivity contribution in [2.45, 2.75) is 40.2 Å². The minimum Gasteiger partial charge on any atom is -0.394 e. The van der Waals surface area contributed by atoms with Gasteiger partial charge in [-0.3, -0.25) is 0 Å². The largest absolute Gasteiger partial charge is 0.394 e. The highest BCUT2D eigenvalue weighted by atomic mass is 16.3. The molecule has 1 atom stereocenters. The third-order valence-corrected chi connectivity index (χ3v) is 2.73. The molecule has 1 aromatic rings. The van der Waals surface area contributed by atoms with Crippen molar-refractivity contribution >= 4 is 11.6 Å². The molecule has 1 rings (SSSR count). The number of aliphatic hydroxyl groups excluding tert-OH is 1. The first-order chi connectivity index (χ1) is 8.56. The van der Waals surface area contributed by atoms with Crippen LogP contribution < -0.4 is 10.6 Å². The summed E-state index contributed by atoms with van der Waals surface area (Å²) in [6.07, 6.45) is 1.05. The number of anilines is 2. The normalized spacial score (nSPS) is 12.6. The van der Waals surface area contributed by atoms with E-state index in [1.54, 1.807) is 0 Å². The highest BCUT2D eigenvalue weighted by Crippen LogP contribution is 2.14. The van der Waals surface area contributed by atoms with E-state index in [9.17, 15) is 5.11 Å². The summed E-state index contributed by atoms with van der Waals surface area (Å²) < 4.78 is 0. The molecule has 5 nitrogen and oxygen atoms in total. The van der Waals surface area contributed by atoms with Gasteiger partial charge >= 0.3 is 0 Å². The van der Waals surface area contributed by atoms with Crippen LogP contribution in [0.3, 0.4) is 0 Å². The molecule has 3 N–H and O–H groups in total. The Morgan fingerprint density at radius 3 is 2.50 bits per heavy atom. The van der Waals surface area contributed by atoms with Gasteiger partial charge in [-0.15, -0.1) is 0 Å². The average Bonchev–Trinajstić information content (AvgIpc) is 2.32. The molecule has 0 aliphatic rings. The third-order valence-electron chi connectivity index (χ3n) is 2.73. The summed E-state index contributed by atoms with van der Waals surface area (Å²) >= 11 is 0. The van der Waals surface area contributed by atoms with Gasteiger partial charge in [0, 0.05) is 12.6 Å². The summed E-state index contributed by atoms with van der Waals surface area (Å²) in [7, 11) is 0. The van der Waals surface area contributed by atoms with Gasteiger partial charge in [-0.2, -0.15) is 0 Å². The van der Waals surface area contributed by atoms with Gasteiger partial charge in [-0.25, -0.2) is 9.97 Å². The van der Waals surface area contributed by atoms with Crippen molar-refractivity contribution in [3.63, 3.8) is 0 Å². The van der Waals surface area contributed by atoms with E-state index in [1.807, 2.05) is 13.0 Å². The van der Waals surface area contributed by atoms with Crippen molar-refractivity contribution in [2.24, 2.45) is 5.92 Å². The molecule has 1 aromatic heterocycles. The molecule has 0 saturated carbocycles. The number of aliphatic hydroxyl groups is 1. The van der Waals surface area contributed by atoms with Crippen LogP contribution >= 0.6 is 0 Å². The third kappa shape index (κ3) is 4.49. The summed E-state index contributed by atoms with van der Waals surface area (Å²) in [4.78, 5) is 8.66. The summed E-state index contributed by atoms with van der Waals surface area (Å²) in [6, 6.07) is 1.89. The smallest absolute Gasteiger partial charge is 0.132 e. The van der Waals surface area contributed by atoms with E-state index in [-0.39, 0.29) is 12.6 Å². The molecule has 0 saturated heterocycles. The van der Waals surface area contributed by atoms with Crippen molar-refractivity contribution in [1.82, 2.24) is 9.97 Å². The number of hydrogen-bond acceptors (Lipinski definition) is 5. The molecule has 0 aromatic carbocycles. The van der Waals surface area contributed by atoms with E-state index < -0.39 is 0 Å². The second-order valence-electron chi connectivity index (χ2n) is 4.79. The SMILES string of the molecule is CCCNc1cc(N[C@H](CO)C(C)C)nc(C)n1. The lowest BCUT2D eigenvalue weighted by molar-refractivity contribution is 0.249. The highest BCUT2D eigenvalue weighted by molar-refractivity contribution is 5.48. The Bertz CT molecular complexity index is 368. The van der Waals surface area contributed by atoms with Crippen LogP contribution in [0.2, 0.25) is 0 Å². The second-order valence-corrected chi connectivity index (χ2v) is 4.79. The maximum Gasteiger partial charge on any atom is 0.132 e. The van der Waals surface area contributed by atoms with Crippen molar-refractivity contribution < 1.29 is 5.11 Å². The molecule has 0 spiro atoms. The summed E-state index contributed by atoms with van der Waals surface area (Å²) in [6.45, 7) is 9.10. The maximum atomic E-state index is 9.32. The fraction of sp³-hybridized carbons (Fsp3) is 0.692. The molecule has 5 heteroatoms. The predicted octanol–water partition coefficient (Wildman–Crippen LogP) is 2.04. The quantitative estimate of drug-likeness (QED) is 0.692. The Kier molecular flexibility index (Phi) is 5.85. The van der Waals surface area contributed by atoms with E-state index >= 15 is 0 Å². The minimum absolute atomic E-state index is 0.0123. The number of aryl methyl sites for hydroxylation is 1. The minimum atomic E-state index is 0.0123. The second kappa shape index (κ2) is 7.16. The number of nitrogens with zero attached hydrogens (tertiary/aromatic N) is 2. The molecule has 0 bridgehead atoms. The summed E-state index contributed by atoms with van der Waals surface area (Å²) in [5.74, 6) is 2.65. The van der Waals surface area contributed by atoms with E-state index in [4.69, 9.17) is 0 Å². The van der Waals surface area contributed by atoms with Gasteiger partial charge in [0.15, 0.2) is 0 Å². The van der Waals surface area contributed by atoms with Crippen LogP contribution in [0.1, 0.15) is 33.0 Å². The van der Waals surface area contributed by atoms with Crippen molar-refractivity contribution in [1.29, 1.82) is 0 Å². The Morgan fingerprint density at radius 1 is 1.28 bits per heavy atom. The van der Waals surface area contributed by atoms with Gasteiger partial charge in [0.05, 0.1) is 12.6 Å². The van der Waals surface area contributed by atoms with E-state index in [1.165, 1.54) is 0 Å².